The van der Waals surface area contributed by atoms with Gasteiger partial charge in [-0.3, -0.25) is 15.0 Å². The molecule has 1 aromatic heterocycles. The van der Waals surface area contributed by atoms with Crippen LogP contribution in [0.3, 0.4) is 0 Å². The number of hydrogen-bond donors (Lipinski definition) is 3. The largest absolute Gasteiger partial charge is 0.508 e. The lowest BCUT2D eigenvalue weighted by atomic mass is 10.1. The van der Waals surface area contributed by atoms with Crippen molar-refractivity contribution in [3.8, 4) is 5.75 Å². The summed E-state index contributed by atoms with van der Waals surface area (Å²) in [6.07, 6.45) is 1.56. The third kappa shape index (κ3) is 5.96. The number of furan rings is 1. The number of urea groups is 1. The van der Waals surface area contributed by atoms with Gasteiger partial charge in [-0.15, -0.1) is 0 Å². The van der Waals surface area contributed by atoms with E-state index in [2.05, 4.69) is 10.6 Å². The molecule has 0 aliphatic heterocycles. The standard InChI is InChI=1S/C23H25N3O4/c1-16-9-10-19(12-17(16)2)24-23(29)25-22(28)15-26(14-20-7-5-11-30-20)13-18-6-3-4-8-21(18)27/h3-12,27H,13-15H2,1-2H3,(H2,24,25,28,29). The Morgan fingerprint density at radius 1 is 1.00 bits per heavy atom. The zero-order valence-corrected chi connectivity index (χ0v) is 17.0. The topological polar surface area (TPSA) is 94.8 Å². The Kier molecular flexibility index (Phi) is 6.87. The number of nitrogens with zero attached hydrogens (tertiary/aromatic N) is 1. The number of aryl methyl sites for hydroxylation is 2. The SMILES string of the molecule is Cc1ccc(NC(=O)NC(=O)CN(Cc2ccco2)Cc2ccccc2O)cc1C. The second-order valence-electron chi connectivity index (χ2n) is 7.15. The van der Waals surface area contributed by atoms with Gasteiger partial charge in [0.15, 0.2) is 0 Å². The number of imide groups is 1. The zero-order valence-electron chi connectivity index (χ0n) is 17.0. The third-order valence-corrected chi connectivity index (χ3v) is 4.73. The molecule has 7 nitrogen and oxygen atoms in total. The number of amides is 3. The highest BCUT2D eigenvalue weighted by Gasteiger charge is 2.17. The predicted octanol–water partition coefficient (Wildman–Crippen LogP) is 3.95. The Hall–Kier alpha value is -3.58. The molecule has 0 atom stereocenters. The van der Waals surface area contributed by atoms with Crippen LogP contribution in [0.15, 0.2) is 65.3 Å². The molecule has 0 radical (unpaired) electrons. The summed E-state index contributed by atoms with van der Waals surface area (Å²) in [5.41, 5.74) is 3.46. The number of benzene rings is 2. The smallest absolute Gasteiger partial charge is 0.325 e. The molecular weight excluding hydrogens is 382 g/mol. The molecule has 30 heavy (non-hydrogen) atoms. The first-order valence-electron chi connectivity index (χ1n) is 9.60. The van der Waals surface area contributed by atoms with Gasteiger partial charge in [-0.2, -0.15) is 0 Å². The Morgan fingerprint density at radius 3 is 2.50 bits per heavy atom. The van der Waals surface area contributed by atoms with Crippen molar-refractivity contribution in [3.05, 3.63) is 83.3 Å². The molecule has 0 aliphatic rings. The second kappa shape index (κ2) is 9.76. The van der Waals surface area contributed by atoms with Crippen molar-refractivity contribution >= 4 is 17.6 Å². The van der Waals surface area contributed by atoms with E-state index in [0.717, 1.165) is 11.1 Å². The molecule has 7 heteroatoms. The van der Waals surface area contributed by atoms with Gasteiger partial charge in [0.1, 0.15) is 11.5 Å². The van der Waals surface area contributed by atoms with E-state index in [1.54, 1.807) is 41.5 Å². The van der Waals surface area contributed by atoms with Crippen molar-refractivity contribution in [1.29, 1.82) is 0 Å². The Balaban J connectivity index is 1.62. The molecule has 0 saturated heterocycles. The monoisotopic (exact) mass is 407 g/mol. The van der Waals surface area contributed by atoms with Crippen LogP contribution in [0.5, 0.6) is 5.75 Å². The maximum atomic E-state index is 12.5. The van der Waals surface area contributed by atoms with E-state index in [1.165, 1.54) is 0 Å². The molecule has 2 aromatic carbocycles. The van der Waals surface area contributed by atoms with Crippen molar-refractivity contribution in [3.63, 3.8) is 0 Å². The summed E-state index contributed by atoms with van der Waals surface area (Å²) in [5, 5.41) is 15.1. The minimum atomic E-state index is -0.594. The van der Waals surface area contributed by atoms with Crippen LogP contribution in [0.25, 0.3) is 0 Å². The van der Waals surface area contributed by atoms with Gasteiger partial charge in [0.25, 0.3) is 0 Å². The lowest BCUT2D eigenvalue weighted by Crippen LogP contribution is -2.41. The fourth-order valence-electron chi connectivity index (χ4n) is 3.03. The van der Waals surface area contributed by atoms with Gasteiger partial charge in [0.05, 0.1) is 19.4 Å². The molecular formula is C23H25N3O4. The Labute approximate surface area is 175 Å². The van der Waals surface area contributed by atoms with Crippen molar-refractivity contribution in [2.45, 2.75) is 26.9 Å². The van der Waals surface area contributed by atoms with E-state index in [-0.39, 0.29) is 12.3 Å². The number of rotatable bonds is 7. The predicted molar refractivity (Wildman–Crippen MR) is 114 cm³/mol. The first-order valence-corrected chi connectivity index (χ1v) is 9.60. The lowest BCUT2D eigenvalue weighted by molar-refractivity contribution is -0.121. The molecule has 0 spiro atoms. The van der Waals surface area contributed by atoms with E-state index in [0.29, 0.717) is 30.1 Å². The maximum Gasteiger partial charge on any atom is 0.325 e. The van der Waals surface area contributed by atoms with Crippen molar-refractivity contribution in [2.24, 2.45) is 0 Å². The highest BCUT2D eigenvalue weighted by Crippen LogP contribution is 2.19. The lowest BCUT2D eigenvalue weighted by Gasteiger charge is -2.21. The molecule has 3 amide bonds. The molecule has 0 fully saturated rings. The molecule has 0 unspecified atom stereocenters. The number of phenolic OH excluding ortho intramolecular Hbond substituents is 1. The van der Waals surface area contributed by atoms with Crippen LogP contribution < -0.4 is 10.6 Å². The number of phenols is 1. The summed E-state index contributed by atoms with van der Waals surface area (Å²) < 4.78 is 5.38. The van der Waals surface area contributed by atoms with Gasteiger partial charge in [-0.05, 0) is 55.3 Å². The van der Waals surface area contributed by atoms with Gasteiger partial charge in [-0.1, -0.05) is 24.3 Å². The number of anilines is 1. The average Bonchev–Trinajstić information content (AvgIpc) is 3.19. The summed E-state index contributed by atoms with van der Waals surface area (Å²) in [6, 6.07) is 15.5. The third-order valence-electron chi connectivity index (χ3n) is 4.73. The van der Waals surface area contributed by atoms with E-state index in [1.807, 2.05) is 38.1 Å². The van der Waals surface area contributed by atoms with Gasteiger partial charge in [0.2, 0.25) is 5.91 Å². The first kappa shape index (κ1) is 21.1. The minimum absolute atomic E-state index is 0.0463. The molecule has 1 heterocycles. The minimum Gasteiger partial charge on any atom is -0.508 e. The molecule has 3 aromatic rings. The van der Waals surface area contributed by atoms with Crippen LogP contribution in [-0.2, 0) is 17.9 Å². The summed E-state index contributed by atoms with van der Waals surface area (Å²) in [5.74, 6) is 0.367. The average molecular weight is 407 g/mol. The fraction of sp³-hybridized carbons (Fsp3) is 0.217. The maximum absolute atomic E-state index is 12.5. The van der Waals surface area contributed by atoms with Crippen LogP contribution in [0.4, 0.5) is 10.5 Å². The summed E-state index contributed by atoms with van der Waals surface area (Å²) in [6.45, 7) is 4.57. The van der Waals surface area contributed by atoms with E-state index in [4.69, 9.17) is 4.42 Å². The summed E-state index contributed by atoms with van der Waals surface area (Å²) in [4.78, 5) is 26.5. The quantitative estimate of drug-likeness (QED) is 0.551. The number of para-hydroxylation sites is 1. The van der Waals surface area contributed by atoms with E-state index < -0.39 is 11.9 Å². The number of carbonyl (C=O) groups is 2. The molecule has 3 N–H and O–H groups in total. The summed E-state index contributed by atoms with van der Waals surface area (Å²) in [7, 11) is 0. The van der Waals surface area contributed by atoms with Crippen molar-refractivity contribution in [1.82, 2.24) is 10.2 Å². The van der Waals surface area contributed by atoms with Gasteiger partial charge in [0, 0.05) is 17.8 Å². The fourth-order valence-corrected chi connectivity index (χ4v) is 3.03. The molecule has 0 saturated carbocycles. The highest BCUT2D eigenvalue weighted by molar-refractivity contribution is 6.01. The number of nitrogens with one attached hydrogen (secondary N) is 2. The van der Waals surface area contributed by atoms with Crippen LogP contribution in [-0.4, -0.2) is 28.5 Å². The second-order valence-corrected chi connectivity index (χ2v) is 7.15. The normalized spacial score (nSPS) is 10.8. The van der Waals surface area contributed by atoms with Crippen LogP contribution in [0, 0.1) is 13.8 Å². The van der Waals surface area contributed by atoms with Gasteiger partial charge >= 0.3 is 6.03 Å². The number of hydrogen-bond acceptors (Lipinski definition) is 5. The van der Waals surface area contributed by atoms with E-state index in [9.17, 15) is 14.7 Å². The van der Waals surface area contributed by atoms with Crippen LogP contribution >= 0.6 is 0 Å². The number of carbonyl (C=O) groups excluding carboxylic acids is 2. The summed E-state index contributed by atoms with van der Waals surface area (Å²) >= 11 is 0. The molecule has 3 rings (SSSR count). The van der Waals surface area contributed by atoms with Gasteiger partial charge in [-0.25, -0.2) is 4.79 Å². The van der Waals surface area contributed by atoms with Crippen LogP contribution in [0.2, 0.25) is 0 Å². The molecule has 0 aliphatic carbocycles. The Morgan fingerprint density at radius 2 is 1.80 bits per heavy atom. The Bertz CT molecular complexity index is 1020. The highest BCUT2D eigenvalue weighted by atomic mass is 16.3. The van der Waals surface area contributed by atoms with E-state index >= 15 is 0 Å². The molecule has 0 bridgehead atoms. The van der Waals surface area contributed by atoms with Crippen molar-refractivity contribution in [2.75, 3.05) is 11.9 Å². The van der Waals surface area contributed by atoms with Crippen molar-refractivity contribution < 1.29 is 19.1 Å². The zero-order chi connectivity index (χ0) is 21.5. The first-order chi connectivity index (χ1) is 14.4. The molecule has 156 valence electrons. The van der Waals surface area contributed by atoms with Gasteiger partial charge < -0.3 is 14.8 Å². The number of aromatic hydroxyl groups is 1. The van der Waals surface area contributed by atoms with Crippen LogP contribution in [0.1, 0.15) is 22.5 Å².